The molecule has 0 radical (unpaired) electrons. The Morgan fingerprint density at radius 2 is 1.59 bits per heavy atom. The van der Waals surface area contributed by atoms with Crippen molar-refractivity contribution < 1.29 is 26.4 Å². The normalized spacial score (nSPS) is 15.1. The molecule has 34 heavy (non-hydrogen) atoms. The molecule has 9 nitrogen and oxygen atoms in total. The fraction of sp³-hybridized carbons (Fsp3) is 0.435. The van der Waals surface area contributed by atoms with Gasteiger partial charge in [0.05, 0.1) is 30.1 Å². The number of nitrogens with zero attached hydrogens (tertiary/aromatic N) is 2. The number of sulfonamides is 2. The van der Waals surface area contributed by atoms with E-state index >= 15 is 0 Å². The lowest BCUT2D eigenvalue weighted by atomic mass is 10.1. The van der Waals surface area contributed by atoms with Gasteiger partial charge in [-0.15, -0.1) is 0 Å². The third kappa shape index (κ3) is 6.78. The van der Waals surface area contributed by atoms with Crippen LogP contribution in [0.5, 0.6) is 0 Å². The monoisotopic (exact) mass is 509 g/mol. The Morgan fingerprint density at radius 1 is 1.00 bits per heavy atom. The van der Waals surface area contributed by atoms with E-state index in [1.165, 1.54) is 20.7 Å². The molecular weight excluding hydrogens is 478 g/mol. The van der Waals surface area contributed by atoms with Crippen molar-refractivity contribution in [3.05, 3.63) is 53.6 Å². The predicted octanol–water partition coefficient (Wildman–Crippen LogP) is 2.51. The zero-order valence-corrected chi connectivity index (χ0v) is 21.3. The zero-order chi connectivity index (χ0) is 24.9. The van der Waals surface area contributed by atoms with Crippen LogP contribution in [-0.4, -0.2) is 66.2 Å². The van der Waals surface area contributed by atoms with Crippen LogP contribution in [0, 0.1) is 13.8 Å². The summed E-state index contributed by atoms with van der Waals surface area (Å²) in [5.41, 5.74) is 2.97. The number of aryl methyl sites for hydroxylation is 2. The Bertz CT molecular complexity index is 1200. The average Bonchev–Trinajstić information content (AvgIpc) is 2.76. The molecule has 0 atom stereocenters. The van der Waals surface area contributed by atoms with Gasteiger partial charge in [0.1, 0.15) is 0 Å². The third-order valence-electron chi connectivity index (χ3n) is 5.41. The second-order valence-electron chi connectivity index (χ2n) is 8.37. The van der Waals surface area contributed by atoms with E-state index in [1.54, 1.807) is 24.3 Å². The van der Waals surface area contributed by atoms with Gasteiger partial charge in [-0.2, -0.15) is 4.31 Å². The maximum atomic E-state index is 12.7. The Balaban J connectivity index is 1.58. The molecule has 1 amide bonds. The minimum atomic E-state index is -3.60. The molecule has 1 saturated heterocycles. The second kappa shape index (κ2) is 10.9. The zero-order valence-electron chi connectivity index (χ0n) is 19.7. The number of ether oxygens (including phenoxy) is 1. The van der Waals surface area contributed by atoms with E-state index in [9.17, 15) is 21.6 Å². The number of hydrogen-bond acceptors (Lipinski definition) is 6. The van der Waals surface area contributed by atoms with Crippen LogP contribution in [0.2, 0.25) is 0 Å². The van der Waals surface area contributed by atoms with Crippen LogP contribution in [0.1, 0.15) is 24.0 Å². The maximum Gasteiger partial charge on any atom is 0.243 e. The quantitative estimate of drug-likeness (QED) is 0.556. The predicted molar refractivity (Wildman–Crippen MR) is 132 cm³/mol. The number of benzene rings is 2. The van der Waals surface area contributed by atoms with Crippen molar-refractivity contribution in [2.24, 2.45) is 0 Å². The standard InChI is InChI=1S/C23H31N3O6S2/c1-18-15-19(2)17-21(16-18)26(33(3,28)29)10-4-5-23(27)24-20-6-8-22(9-7-20)34(30,31)25-11-13-32-14-12-25/h6-9,15-17H,4-5,10-14H2,1-3H3,(H,24,27). The van der Waals surface area contributed by atoms with Gasteiger partial charge in [0, 0.05) is 31.7 Å². The molecular formula is C23H31N3O6S2. The Morgan fingerprint density at radius 3 is 2.15 bits per heavy atom. The number of nitrogens with one attached hydrogen (secondary N) is 1. The first-order valence-electron chi connectivity index (χ1n) is 11.0. The molecule has 0 aromatic heterocycles. The first-order valence-corrected chi connectivity index (χ1v) is 14.3. The highest BCUT2D eigenvalue weighted by molar-refractivity contribution is 7.92. The maximum absolute atomic E-state index is 12.7. The van der Waals surface area contributed by atoms with E-state index in [0.29, 0.717) is 44.1 Å². The average molecular weight is 510 g/mol. The van der Waals surface area contributed by atoms with Gasteiger partial charge >= 0.3 is 0 Å². The van der Waals surface area contributed by atoms with Crippen molar-refractivity contribution in [1.82, 2.24) is 4.31 Å². The van der Waals surface area contributed by atoms with Crippen LogP contribution in [0.15, 0.2) is 47.4 Å². The lowest BCUT2D eigenvalue weighted by Gasteiger charge is -2.26. The molecule has 0 aliphatic carbocycles. The molecule has 1 heterocycles. The molecule has 0 spiro atoms. The van der Waals surface area contributed by atoms with Crippen LogP contribution in [0.4, 0.5) is 11.4 Å². The summed E-state index contributed by atoms with van der Waals surface area (Å²) in [7, 11) is -7.10. The molecule has 1 fully saturated rings. The first kappa shape index (κ1) is 26.1. The number of anilines is 2. The molecule has 1 N–H and O–H groups in total. The molecule has 0 bridgehead atoms. The largest absolute Gasteiger partial charge is 0.379 e. The summed E-state index contributed by atoms with van der Waals surface area (Å²) in [5.74, 6) is -0.280. The second-order valence-corrected chi connectivity index (χ2v) is 12.2. The summed E-state index contributed by atoms with van der Waals surface area (Å²) in [6.07, 6.45) is 1.59. The fourth-order valence-electron chi connectivity index (χ4n) is 3.83. The third-order valence-corrected chi connectivity index (χ3v) is 8.51. The van der Waals surface area contributed by atoms with E-state index in [0.717, 1.165) is 17.4 Å². The molecule has 0 saturated carbocycles. The smallest absolute Gasteiger partial charge is 0.243 e. The van der Waals surface area contributed by atoms with Crippen molar-refractivity contribution in [2.45, 2.75) is 31.6 Å². The van der Waals surface area contributed by atoms with Crippen molar-refractivity contribution in [2.75, 3.05) is 48.7 Å². The van der Waals surface area contributed by atoms with Gasteiger partial charge in [-0.3, -0.25) is 9.10 Å². The Labute approximate surface area is 201 Å². The molecule has 3 rings (SSSR count). The van der Waals surface area contributed by atoms with Gasteiger partial charge in [0.25, 0.3) is 0 Å². The molecule has 0 unspecified atom stereocenters. The van der Waals surface area contributed by atoms with Gasteiger partial charge in [0.15, 0.2) is 0 Å². The number of morpholine rings is 1. The summed E-state index contributed by atoms with van der Waals surface area (Å²) in [5, 5.41) is 2.74. The van der Waals surface area contributed by atoms with E-state index < -0.39 is 20.0 Å². The van der Waals surface area contributed by atoms with Crippen LogP contribution in [0.25, 0.3) is 0 Å². The summed E-state index contributed by atoms with van der Waals surface area (Å²) < 4.78 is 57.9. The van der Waals surface area contributed by atoms with E-state index in [1.807, 2.05) is 19.9 Å². The minimum absolute atomic E-state index is 0.116. The molecule has 2 aromatic carbocycles. The summed E-state index contributed by atoms with van der Waals surface area (Å²) >= 11 is 0. The van der Waals surface area contributed by atoms with Gasteiger partial charge in [-0.1, -0.05) is 6.07 Å². The number of rotatable bonds is 9. The fourth-order valence-corrected chi connectivity index (χ4v) is 6.19. The van der Waals surface area contributed by atoms with Gasteiger partial charge in [-0.25, -0.2) is 16.8 Å². The van der Waals surface area contributed by atoms with E-state index in [-0.39, 0.29) is 23.8 Å². The lowest BCUT2D eigenvalue weighted by molar-refractivity contribution is -0.116. The molecule has 2 aromatic rings. The van der Waals surface area contributed by atoms with Crippen molar-refractivity contribution in [3.8, 4) is 0 Å². The van der Waals surface area contributed by atoms with Crippen LogP contribution < -0.4 is 9.62 Å². The lowest BCUT2D eigenvalue weighted by Crippen LogP contribution is -2.40. The van der Waals surface area contributed by atoms with Crippen molar-refractivity contribution in [1.29, 1.82) is 0 Å². The number of amides is 1. The highest BCUT2D eigenvalue weighted by atomic mass is 32.2. The van der Waals surface area contributed by atoms with Gasteiger partial charge in [0.2, 0.25) is 26.0 Å². The van der Waals surface area contributed by atoms with Crippen molar-refractivity contribution >= 4 is 37.3 Å². The number of carbonyl (C=O) groups excluding carboxylic acids is 1. The molecule has 186 valence electrons. The van der Waals surface area contributed by atoms with Crippen molar-refractivity contribution in [3.63, 3.8) is 0 Å². The minimum Gasteiger partial charge on any atom is -0.379 e. The van der Waals surface area contributed by atoms with E-state index in [2.05, 4.69) is 5.32 Å². The topological polar surface area (TPSA) is 113 Å². The number of carbonyl (C=O) groups is 1. The van der Waals surface area contributed by atoms with Crippen LogP contribution in [0.3, 0.4) is 0 Å². The first-order chi connectivity index (χ1) is 16.0. The van der Waals surface area contributed by atoms with Gasteiger partial charge in [-0.05, 0) is 67.8 Å². The highest BCUT2D eigenvalue weighted by Gasteiger charge is 2.26. The highest BCUT2D eigenvalue weighted by Crippen LogP contribution is 2.22. The van der Waals surface area contributed by atoms with Gasteiger partial charge < -0.3 is 10.1 Å². The summed E-state index contributed by atoms with van der Waals surface area (Å²) in [6, 6.07) is 11.6. The molecule has 11 heteroatoms. The summed E-state index contributed by atoms with van der Waals surface area (Å²) in [6.45, 7) is 5.34. The summed E-state index contributed by atoms with van der Waals surface area (Å²) in [4.78, 5) is 12.6. The number of hydrogen-bond donors (Lipinski definition) is 1. The SMILES string of the molecule is Cc1cc(C)cc(N(CCCC(=O)Nc2ccc(S(=O)(=O)N3CCOCC3)cc2)S(C)(=O)=O)c1. The van der Waals surface area contributed by atoms with E-state index in [4.69, 9.17) is 4.74 Å². The Hall–Kier alpha value is -2.47. The van der Waals surface area contributed by atoms with Crippen LogP contribution in [-0.2, 0) is 29.6 Å². The molecule has 1 aliphatic rings. The molecule has 1 aliphatic heterocycles. The van der Waals surface area contributed by atoms with Crippen LogP contribution >= 0.6 is 0 Å². The Kier molecular flexibility index (Phi) is 8.34.